The van der Waals surface area contributed by atoms with Crippen molar-refractivity contribution in [2.75, 3.05) is 6.54 Å². The van der Waals surface area contributed by atoms with E-state index >= 15 is 0 Å². The maximum Gasteiger partial charge on any atom is 0.133 e. The minimum atomic E-state index is 0.455. The van der Waals surface area contributed by atoms with Gasteiger partial charge in [-0.1, -0.05) is 39.5 Å². The highest BCUT2D eigenvalue weighted by molar-refractivity contribution is 5.78. The monoisotopic (exact) mass is 213 g/mol. The molecule has 0 saturated carbocycles. The van der Waals surface area contributed by atoms with Crippen LogP contribution in [0.3, 0.4) is 0 Å². The molecule has 0 aromatic heterocycles. The topological polar surface area (TPSA) is 43.1 Å². The summed E-state index contributed by atoms with van der Waals surface area (Å²) in [5.41, 5.74) is 5.41. The zero-order chi connectivity index (χ0) is 11.5. The quantitative estimate of drug-likeness (QED) is 0.566. The average Bonchev–Trinajstić information content (AvgIpc) is 2.25. The largest absolute Gasteiger partial charge is 0.330 e. The van der Waals surface area contributed by atoms with Crippen LogP contribution in [0.4, 0.5) is 0 Å². The third-order valence-corrected chi connectivity index (χ3v) is 3.08. The van der Waals surface area contributed by atoms with Crippen molar-refractivity contribution in [2.24, 2.45) is 11.7 Å². The minimum absolute atomic E-state index is 0.455. The summed E-state index contributed by atoms with van der Waals surface area (Å²) in [6, 6.07) is 0. The Morgan fingerprint density at radius 3 is 2.20 bits per heavy atom. The molecule has 0 amide bonds. The SMILES string of the molecule is CCC(CC)CC(=O)CCCCCCN. The predicted octanol–water partition coefficient (Wildman–Crippen LogP) is 3.29. The van der Waals surface area contributed by atoms with E-state index in [-0.39, 0.29) is 0 Å². The van der Waals surface area contributed by atoms with Gasteiger partial charge in [0.15, 0.2) is 0 Å². The van der Waals surface area contributed by atoms with Crippen molar-refractivity contribution in [2.45, 2.75) is 65.2 Å². The molecular formula is C13H27NO. The fraction of sp³-hybridized carbons (Fsp3) is 0.923. The molecule has 15 heavy (non-hydrogen) atoms. The van der Waals surface area contributed by atoms with Crippen LogP contribution in [0.2, 0.25) is 0 Å². The smallest absolute Gasteiger partial charge is 0.133 e. The third-order valence-electron chi connectivity index (χ3n) is 3.08. The summed E-state index contributed by atoms with van der Waals surface area (Å²) in [5, 5.41) is 0. The van der Waals surface area contributed by atoms with Crippen LogP contribution >= 0.6 is 0 Å². The molecule has 0 aromatic carbocycles. The number of nitrogens with two attached hydrogens (primary N) is 1. The van der Waals surface area contributed by atoms with Gasteiger partial charge >= 0.3 is 0 Å². The van der Waals surface area contributed by atoms with E-state index in [1.807, 2.05) is 0 Å². The van der Waals surface area contributed by atoms with Gasteiger partial charge in [0.1, 0.15) is 5.78 Å². The Morgan fingerprint density at radius 1 is 1.07 bits per heavy atom. The van der Waals surface area contributed by atoms with Crippen molar-refractivity contribution in [1.82, 2.24) is 0 Å². The summed E-state index contributed by atoms with van der Waals surface area (Å²) < 4.78 is 0. The number of Topliss-reactive ketones (excluding diaryl/α,β-unsaturated/α-hetero) is 1. The van der Waals surface area contributed by atoms with Gasteiger partial charge < -0.3 is 5.73 Å². The highest BCUT2D eigenvalue weighted by Crippen LogP contribution is 2.15. The molecule has 0 rings (SSSR count). The average molecular weight is 213 g/mol. The lowest BCUT2D eigenvalue weighted by molar-refractivity contribution is -0.120. The summed E-state index contributed by atoms with van der Waals surface area (Å²) in [4.78, 5) is 11.6. The van der Waals surface area contributed by atoms with Crippen molar-refractivity contribution in [3.8, 4) is 0 Å². The van der Waals surface area contributed by atoms with Crippen molar-refractivity contribution in [3.63, 3.8) is 0 Å². The number of unbranched alkanes of at least 4 members (excludes halogenated alkanes) is 3. The Hall–Kier alpha value is -0.370. The number of hydrogen-bond acceptors (Lipinski definition) is 2. The Bertz CT molecular complexity index is 153. The van der Waals surface area contributed by atoms with E-state index in [0.717, 1.165) is 51.5 Å². The van der Waals surface area contributed by atoms with Crippen LogP contribution in [0.1, 0.15) is 65.2 Å². The highest BCUT2D eigenvalue weighted by Gasteiger charge is 2.09. The Balaban J connectivity index is 3.40. The first-order chi connectivity index (χ1) is 7.24. The Labute approximate surface area is 94.6 Å². The van der Waals surface area contributed by atoms with Crippen LogP contribution in [0.15, 0.2) is 0 Å². The number of hydrogen-bond donors (Lipinski definition) is 1. The van der Waals surface area contributed by atoms with E-state index in [4.69, 9.17) is 5.73 Å². The normalized spacial score (nSPS) is 10.9. The van der Waals surface area contributed by atoms with Gasteiger partial charge in [0.25, 0.3) is 0 Å². The second kappa shape index (κ2) is 10.2. The van der Waals surface area contributed by atoms with E-state index in [1.54, 1.807) is 0 Å². The maximum absolute atomic E-state index is 11.6. The molecule has 0 spiro atoms. The molecule has 0 bridgehead atoms. The molecule has 0 unspecified atom stereocenters. The zero-order valence-electron chi connectivity index (χ0n) is 10.4. The molecule has 0 aliphatic heterocycles. The Kier molecular flexibility index (Phi) is 9.91. The van der Waals surface area contributed by atoms with Gasteiger partial charge in [0, 0.05) is 12.8 Å². The first kappa shape index (κ1) is 14.6. The molecule has 2 N–H and O–H groups in total. The zero-order valence-corrected chi connectivity index (χ0v) is 10.4. The summed E-state index contributed by atoms with van der Waals surface area (Å²) in [6.45, 7) is 5.12. The molecule has 0 saturated heterocycles. The number of rotatable bonds is 10. The Morgan fingerprint density at radius 2 is 1.67 bits per heavy atom. The fourth-order valence-electron chi connectivity index (χ4n) is 1.82. The van der Waals surface area contributed by atoms with E-state index < -0.39 is 0 Å². The van der Waals surface area contributed by atoms with Crippen molar-refractivity contribution < 1.29 is 4.79 Å². The van der Waals surface area contributed by atoms with Crippen LogP contribution < -0.4 is 5.73 Å². The van der Waals surface area contributed by atoms with Crippen LogP contribution in [0.5, 0.6) is 0 Å². The van der Waals surface area contributed by atoms with E-state index in [1.165, 1.54) is 6.42 Å². The molecule has 0 aliphatic rings. The van der Waals surface area contributed by atoms with Crippen LogP contribution in [-0.2, 0) is 4.79 Å². The van der Waals surface area contributed by atoms with E-state index in [0.29, 0.717) is 11.7 Å². The minimum Gasteiger partial charge on any atom is -0.330 e. The predicted molar refractivity (Wildman–Crippen MR) is 65.8 cm³/mol. The van der Waals surface area contributed by atoms with Crippen molar-refractivity contribution >= 4 is 5.78 Å². The first-order valence-corrected chi connectivity index (χ1v) is 6.46. The molecule has 0 radical (unpaired) electrons. The second-order valence-electron chi connectivity index (χ2n) is 4.38. The standard InChI is InChI=1S/C13H27NO/c1-3-12(4-2)11-13(15)9-7-5-6-8-10-14/h12H,3-11,14H2,1-2H3. The lowest BCUT2D eigenvalue weighted by Gasteiger charge is -2.10. The van der Waals surface area contributed by atoms with E-state index in [9.17, 15) is 4.79 Å². The van der Waals surface area contributed by atoms with Gasteiger partial charge in [0.2, 0.25) is 0 Å². The van der Waals surface area contributed by atoms with Crippen molar-refractivity contribution in [3.05, 3.63) is 0 Å². The number of carbonyl (C=O) groups excluding carboxylic acids is 1. The maximum atomic E-state index is 11.6. The summed E-state index contributed by atoms with van der Waals surface area (Å²) in [6.07, 6.45) is 8.33. The first-order valence-electron chi connectivity index (χ1n) is 6.46. The van der Waals surface area contributed by atoms with Gasteiger partial charge in [-0.25, -0.2) is 0 Å². The summed E-state index contributed by atoms with van der Waals surface area (Å²) in [5.74, 6) is 1.07. The molecule has 0 heterocycles. The lowest BCUT2D eigenvalue weighted by Crippen LogP contribution is -2.07. The second-order valence-corrected chi connectivity index (χ2v) is 4.38. The molecular weight excluding hydrogens is 186 g/mol. The van der Waals surface area contributed by atoms with Gasteiger partial charge in [-0.05, 0) is 25.3 Å². The summed E-state index contributed by atoms with van der Waals surface area (Å²) >= 11 is 0. The van der Waals surface area contributed by atoms with Gasteiger partial charge in [0.05, 0.1) is 0 Å². The van der Waals surface area contributed by atoms with Gasteiger partial charge in [-0.15, -0.1) is 0 Å². The molecule has 2 heteroatoms. The highest BCUT2D eigenvalue weighted by atomic mass is 16.1. The van der Waals surface area contributed by atoms with Crippen LogP contribution in [0, 0.1) is 5.92 Å². The molecule has 0 atom stereocenters. The fourth-order valence-corrected chi connectivity index (χ4v) is 1.82. The van der Waals surface area contributed by atoms with Crippen molar-refractivity contribution in [1.29, 1.82) is 0 Å². The van der Waals surface area contributed by atoms with Crippen LogP contribution in [0.25, 0.3) is 0 Å². The van der Waals surface area contributed by atoms with Crippen LogP contribution in [-0.4, -0.2) is 12.3 Å². The third kappa shape index (κ3) is 8.61. The molecule has 2 nitrogen and oxygen atoms in total. The summed E-state index contributed by atoms with van der Waals surface area (Å²) in [7, 11) is 0. The molecule has 90 valence electrons. The number of ketones is 1. The number of carbonyl (C=O) groups is 1. The molecule has 0 aromatic rings. The van der Waals surface area contributed by atoms with Gasteiger partial charge in [-0.2, -0.15) is 0 Å². The molecule has 0 fully saturated rings. The van der Waals surface area contributed by atoms with Gasteiger partial charge in [-0.3, -0.25) is 4.79 Å². The molecule has 0 aliphatic carbocycles. The lowest BCUT2D eigenvalue weighted by atomic mass is 9.95. The van der Waals surface area contributed by atoms with E-state index in [2.05, 4.69) is 13.8 Å².